The van der Waals surface area contributed by atoms with Crippen LogP contribution in [0.4, 0.5) is 5.69 Å². The molecule has 1 atom stereocenters. The zero-order chi connectivity index (χ0) is 28.5. The summed E-state index contributed by atoms with van der Waals surface area (Å²) in [5.41, 5.74) is 1.01. The molecular formula is C32H43ClN4O3. The molecule has 2 aromatic rings. The number of benzene rings is 2. The van der Waals surface area contributed by atoms with E-state index in [4.69, 9.17) is 11.6 Å². The summed E-state index contributed by atoms with van der Waals surface area (Å²) in [4.78, 5) is 34.4. The lowest BCUT2D eigenvalue weighted by Crippen LogP contribution is -2.70. The Morgan fingerprint density at radius 3 is 2.35 bits per heavy atom. The van der Waals surface area contributed by atoms with Crippen LogP contribution in [0, 0.1) is 5.41 Å². The first kappa shape index (κ1) is 28.9. The van der Waals surface area contributed by atoms with Crippen LogP contribution in [-0.2, 0) is 10.4 Å². The summed E-state index contributed by atoms with van der Waals surface area (Å²) in [6.45, 7) is 9.82. The number of nitrogens with zero attached hydrogens (tertiary/aromatic N) is 4. The Morgan fingerprint density at radius 2 is 1.73 bits per heavy atom. The normalized spacial score (nSPS) is 20.5. The van der Waals surface area contributed by atoms with Crippen molar-refractivity contribution in [1.29, 1.82) is 0 Å². The highest BCUT2D eigenvalue weighted by molar-refractivity contribution is 6.34. The van der Waals surface area contributed by atoms with Crippen LogP contribution < -0.4 is 4.90 Å². The first-order chi connectivity index (χ1) is 19.1. The summed E-state index contributed by atoms with van der Waals surface area (Å²) in [5, 5.41) is 11.4. The molecule has 3 aliphatic rings. The molecule has 2 saturated heterocycles. The van der Waals surface area contributed by atoms with E-state index in [-0.39, 0.29) is 17.2 Å². The summed E-state index contributed by atoms with van der Waals surface area (Å²) in [6.07, 6.45) is 5.48. The molecule has 40 heavy (non-hydrogen) atoms. The van der Waals surface area contributed by atoms with E-state index in [0.29, 0.717) is 22.2 Å². The maximum Gasteiger partial charge on any atom is 0.258 e. The molecule has 1 aliphatic carbocycles. The number of hydrogen-bond acceptors (Lipinski definition) is 5. The van der Waals surface area contributed by atoms with Crippen LogP contribution in [-0.4, -0.2) is 90.5 Å². The number of likely N-dealkylation sites (tertiary alicyclic amines) is 1. The molecule has 7 nitrogen and oxygen atoms in total. The smallest absolute Gasteiger partial charge is 0.258 e. The number of aliphatic hydroxyl groups is 1. The number of piperazine rings is 1. The van der Waals surface area contributed by atoms with Crippen molar-refractivity contribution in [2.75, 3.05) is 57.8 Å². The fourth-order valence-corrected chi connectivity index (χ4v) is 6.94. The van der Waals surface area contributed by atoms with Gasteiger partial charge in [-0.25, -0.2) is 0 Å². The molecule has 0 aromatic heterocycles. The molecule has 1 N–H and O–H groups in total. The highest BCUT2D eigenvalue weighted by atomic mass is 35.5. The number of hydrogen-bond donors (Lipinski definition) is 1. The van der Waals surface area contributed by atoms with Gasteiger partial charge in [-0.15, -0.1) is 0 Å². The van der Waals surface area contributed by atoms with Crippen molar-refractivity contribution in [2.24, 2.45) is 5.41 Å². The largest absolute Gasteiger partial charge is 0.376 e. The summed E-state index contributed by atoms with van der Waals surface area (Å²) in [7, 11) is 1.85. The van der Waals surface area contributed by atoms with Gasteiger partial charge in [-0.1, -0.05) is 61.7 Å². The lowest BCUT2D eigenvalue weighted by molar-refractivity contribution is -0.175. The average molecular weight is 567 g/mol. The zero-order valence-electron chi connectivity index (χ0n) is 24.1. The fourth-order valence-electron chi connectivity index (χ4n) is 6.68. The quantitative estimate of drug-likeness (QED) is 0.449. The Balaban J connectivity index is 1.08. The molecule has 3 fully saturated rings. The van der Waals surface area contributed by atoms with Gasteiger partial charge in [0.25, 0.3) is 11.8 Å². The lowest BCUT2D eigenvalue weighted by atomic mass is 9.60. The van der Waals surface area contributed by atoms with Crippen LogP contribution >= 0.6 is 11.6 Å². The van der Waals surface area contributed by atoms with Crippen molar-refractivity contribution in [1.82, 2.24) is 14.7 Å². The van der Waals surface area contributed by atoms with E-state index in [1.165, 1.54) is 0 Å². The van der Waals surface area contributed by atoms with Gasteiger partial charge in [0.2, 0.25) is 0 Å². The Morgan fingerprint density at radius 1 is 1.05 bits per heavy atom. The molecule has 0 radical (unpaired) electrons. The third kappa shape index (κ3) is 5.74. The molecule has 2 amide bonds. The predicted octanol–water partition coefficient (Wildman–Crippen LogP) is 4.62. The lowest BCUT2D eigenvalue weighted by Gasteiger charge is -2.62. The van der Waals surface area contributed by atoms with E-state index in [0.717, 1.165) is 83.6 Å². The SMILES string of the molecule is CCCCCN(C)C(=O)c1ccc(N2CCN(C3CC4(C3)CN(C(=O)C(C)(O)c3ccccc3)C4)CC2)cc1Cl. The van der Waals surface area contributed by atoms with Crippen LogP contribution in [0.25, 0.3) is 0 Å². The van der Waals surface area contributed by atoms with Crippen molar-refractivity contribution in [3.05, 3.63) is 64.7 Å². The van der Waals surface area contributed by atoms with Crippen molar-refractivity contribution in [3.8, 4) is 0 Å². The first-order valence-electron chi connectivity index (χ1n) is 14.7. The van der Waals surface area contributed by atoms with Crippen molar-refractivity contribution < 1.29 is 14.7 Å². The molecule has 5 rings (SSSR count). The Labute approximate surface area is 243 Å². The number of halogens is 1. The molecule has 1 unspecified atom stereocenters. The van der Waals surface area contributed by atoms with Gasteiger partial charge >= 0.3 is 0 Å². The van der Waals surface area contributed by atoms with E-state index in [2.05, 4.69) is 16.7 Å². The second kappa shape index (κ2) is 11.7. The van der Waals surface area contributed by atoms with Crippen LogP contribution in [0.3, 0.4) is 0 Å². The Kier molecular flexibility index (Phi) is 8.46. The minimum Gasteiger partial charge on any atom is -0.376 e. The van der Waals surface area contributed by atoms with Crippen molar-refractivity contribution in [3.63, 3.8) is 0 Å². The third-order valence-electron chi connectivity index (χ3n) is 9.25. The summed E-state index contributed by atoms with van der Waals surface area (Å²) in [5.74, 6) is -0.216. The van der Waals surface area contributed by atoms with Gasteiger partial charge < -0.3 is 19.8 Å². The highest BCUT2D eigenvalue weighted by Gasteiger charge is 2.56. The van der Waals surface area contributed by atoms with Crippen LogP contribution in [0.2, 0.25) is 5.02 Å². The number of anilines is 1. The van der Waals surface area contributed by atoms with E-state index in [9.17, 15) is 14.7 Å². The van der Waals surface area contributed by atoms with E-state index >= 15 is 0 Å². The second-order valence-electron chi connectivity index (χ2n) is 12.3. The maximum atomic E-state index is 13.0. The van der Waals surface area contributed by atoms with Gasteiger partial charge in [-0.2, -0.15) is 0 Å². The molecule has 2 heterocycles. The average Bonchev–Trinajstić information content (AvgIpc) is 2.92. The molecule has 8 heteroatoms. The third-order valence-corrected chi connectivity index (χ3v) is 9.56. The zero-order valence-corrected chi connectivity index (χ0v) is 24.9. The van der Waals surface area contributed by atoms with Gasteiger partial charge in [0.05, 0.1) is 10.6 Å². The van der Waals surface area contributed by atoms with Gasteiger partial charge in [0.15, 0.2) is 5.60 Å². The highest BCUT2D eigenvalue weighted by Crippen LogP contribution is 2.51. The molecule has 1 spiro atoms. The van der Waals surface area contributed by atoms with Crippen LogP contribution in [0.5, 0.6) is 0 Å². The summed E-state index contributed by atoms with van der Waals surface area (Å²) in [6, 6.07) is 15.6. The van der Waals surface area contributed by atoms with Gasteiger partial charge in [0.1, 0.15) is 0 Å². The van der Waals surface area contributed by atoms with E-state index in [1.807, 2.05) is 60.5 Å². The first-order valence-corrected chi connectivity index (χ1v) is 15.1. The molecule has 216 valence electrons. The Hall–Kier alpha value is -2.61. The van der Waals surface area contributed by atoms with Gasteiger partial charge in [0, 0.05) is 70.0 Å². The molecule has 0 bridgehead atoms. The number of unbranched alkanes of at least 4 members (excludes halogenated alkanes) is 2. The van der Waals surface area contributed by atoms with Crippen molar-refractivity contribution in [2.45, 2.75) is 57.6 Å². The van der Waals surface area contributed by atoms with Crippen molar-refractivity contribution >= 4 is 29.1 Å². The molecule has 2 aromatic carbocycles. The monoisotopic (exact) mass is 566 g/mol. The summed E-state index contributed by atoms with van der Waals surface area (Å²) < 4.78 is 0. The fraction of sp³-hybridized carbons (Fsp3) is 0.562. The summed E-state index contributed by atoms with van der Waals surface area (Å²) >= 11 is 6.58. The minimum atomic E-state index is -1.48. The number of amides is 2. The predicted molar refractivity (Wildman–Crippen MR) is 160 cm³/mol. The number of rotatable bonds is 9. The number of carbonyl (C=O) groups is 2. The maximum absolute atomic E-state index is 13.0. The standard InChI is InChI=1S/C32H43ClN4O3/c1-4-5-9-14-34(3)29(38)27-13-12-25(19-28(27)33)35-15-17-36(18-16-35)26-20-32(21-26)22-37(23-32)30(39)31(2,40)24-10-7-6-8-11-24/h6-8,10-13,19,26,40H,4-5,9,14-18,20-23H2,1-3H3. The minimum absolute atomic E-state index is 0.0173. The number of carbonyl (C=O) groups excluding carboxylic acids is 2. The van der Waals surface area contributed by atoms with E-state index < -0.39 is 5.60 Å². The molecule has 2 aliphatic heterocycles. The van der Waals surface area contributed by atoms with E-state index in [1.54, 1.807) is 11.8 Å². The second-order valence-corrected chi connectivity index (χ2v) is 12.7. The Bertz CT molecular complexity index is 1200. The van der Waals surface area contributed by atoms with Crippen LogP contribution in [0.1, 0.15) is 61.9 Å². The molecular weight excluding hydrogens is 524 g/mol. The molecule has 1 saturated carbocycles. The van der Waals surface area contributed by atoms with Crippen LogP contribution in [0.15, 0.2) is 48.5 Å². The van der Waals surface area contributed by atoms with Gasteiger partial charge in [-0.3, -0.25) is 14.5 Å². The van der Waals surface area contributed by atoms with Gasteiger partial charge in [-0.05, 0) is 49.9 Å². The topological polar surface area (TPSA) is 67.3 Å².